The predicted molar refractivity (Wildman–Crippen MR) is 87.4 cm³/mol. The minimum absolute atomic E-state index is 1.25. The Morgan fingerprint density at radius 3 is 2.42 bits per heavy atom. The van der Waals surface area contributed by atoms with Crippen molar-refractivity contribution in [2.24, 2.45) is 0 Å². The highest BCUT2D eigenvalue weighted by atomic mass is 28.4. The first-order chi connectivity index (χ1) is 8.93. The van der Waals surface area contributed by atoms with Crippen LogP contribution in [0.2, 0.25) is 31.7 Å². The van der Waals surface area contributed by atoms with Gasteiger partial charge in [-0.2, -0.15) is 0 Å². The summed E-state index contributed by atoms with van der Waals surface area (Å²) >= 11 is 0. The van der Waals surface area contributed by atoms with Gasteiger partial charge >= 0.3 is 0 Å². The van der Waals surface area contributed by atoms with Crippen molar-refractivity contribution < 1.29 is 8.85 Å². The zero-order valence-electron chi connectivity index (χ0n) is 13.6. The van der Waals surface area contributed by atoms with E-state index in [0.29, 0.717) is 0 Å². The van der Waals surface area contributed by atoms with Gasteiger partial charge < -0.3 is 13.4 Å². The highest BCUT2D eigenvalue weighted by Gasteiger charge is 2.39. The van der Waals surface area contributed by atoms with Gasteiger partial charge in [0.2, 0.25) is 0 Å². The Kier molecular flexibility index (Phi) is 7.25. The summed E-state index contributed by atoms with van der Waals surface area (Å²) in [7, 11) is 0.987. The van der Waals surface area contributed by atoms with Gasteiger partial charge in [-0.25, -0.2) is 0 Å². The van der Waals surface area contributed by atoms with Crippen molar-refractivity contribution in [2.45, 2.75) is 63.8 Å². The summed E-state index contributed by atoms with van der Waals surface area (Å²) in [5.74, 6) is 0. The molecule has 1 heterocycles. The maximum atomic E-state index is 5.80. The van der Waals surface area contributed by atoms with Crippen LogP contribution in [-0.4, -0.2) is 48.7 Å². The van der Waals surface area contributed by atoms with Crippen LogP contribution in [0.3, 0.4) is 0 Å². The topological polar surface area (TPSA) is 21.7 Å². The van der Waals surface area contributed by atoms with Crippen molar-refractivity contribution in [3.63, 3.8) is 0 Å². The van der Waals surface area contributed by atoms with Gasteiger partial charge in [0.1, 0.15) is 0 Å². The molecule has 114 valence electrons. The molecule has 1 unspecified atom stereocenters. The second kappa shape index (κ2) is 7.93. The molecular weight excluding hydrogens is 270 g/mol. The second-order valence-electron chi connectivity index (χ2n) is 6.60. The molecule has 1 fully saturated rings. The zero-order chi connectivity index (χ0) is 14.4. The lowest BCUT2D eigenvalue weighted by Crippen LogP contribution is -2.48. The van der Waals surface area contributed by atoms with Gasteiger partial charge in [-0.1, -0.05) is 19.3 Å². The van der Waals surface area contributed by atoms with Crippen LogP contribution >= 0.6 is 0 Å². The average molecular weight is 304 g/mol. The van der Waals surface area contributed by atoms with E-state index in [2.05, 4.69) is 24.2 Å². The molecule has 1 aliphatic rings. The molecule has 0 aromatic carbocycles. The first kappa shape index (κ1) is 17.4. The summed E-state index contributed by atoms with van der Waals surface area (Å²) < 4.78 is 14.0. The molecule has 0 spiro atoms. The number of nitrogens with zero attached hydrogens (tertiary/aromatic N) is 1. The van der Waals surface area contributed by atoms with E-state index in [4.69, 9.17) is 8.85 Å². The number of hydrogen-bond donors (Lipinski definition) is 0. The van der Waals surface area contributed by atoms with E-state index >= 15 is 0 Å². The standard InChI is InChI=1S/C14H33NO2Si2/c1-16-18(3,4)13-9-7-6-8-11-15-12-10-14-19(15,5)17-2/h6-14H2,1-5H3. The fourth-order valence-corrected chi connectivity index (χ4v) is 7.04. The lowest BCUT2D eigenvalue weighted by Gasteiger charge is -2.31. The summed E-state index contributed by atoms with van der Waals surface area (Å²) in [6, 6.07) is 2.62. The summed E-state index contributed by atoms with van der Waals surface area (Å²) in [6.45, 7) is 9.51. The van der Waals surface area contributed by atoms with Crippen LogP contribution in [0.1, 0.15) is 32.1 Å². The van der Waals surface area contributed by atoms with Gasteiger partial charge in [0.15, 0.2) is 8.32 Å². The number of rotatable bonds is 9. The highest BCUT2D eigenvalue weighted by Crippen LogP contribution is 2.26. The molecule has 0 aromatic rings. The fourth-order valence-electron chi connectivity index (χ4n) is 2.88. The van der Waals surface area contributed by atoms with Crippen molar-refractivity contribution in [2.75, 3.05) is 27.3 Å². The average Bonchev–Trinajstić information content (AvgIpc) is 2.76. The monoisotopic (exact) mass is 303 g/mol. The van der Waals surface area contributed by atoms with E-state index < -0.39 is 16.8 Å². The second-order valence-corrected chi connectivity index (χ2v) is 14.9. The molecule has 0 N–H and O–H groups in total. The SMILES string of the molecule is CO[Si](C)(C)CCCCCCN1CCC[Si]1(C)OC. The van der Waals surface area contributed by atoms with Crippen LogP contribution in [0.15, 0.2) is 0 Å². The van der Waals surface area contributed by atoms with Crippen molar-refractivity contribution in [3.8, 4) is 0 Å². The van der Waals surface area contributed by atoms with Gasteiger partial charge in [-0.3, -0.25) is 0 Å². The molecular formula is C14H33NO2Si2. The van der Waals surface area contributed by atoms with Gasteiger partial charge in [0.25, 0.3) is 8.48 Å². The van der Waals surface area contributed by atoms with Gasteiger partial charge in [-0.05, 0) is 57.7 Å². The molecule has 5 heteroatoms. The van der Waals surface area contributed by atoms with Gasteiger partial charge in [0, 0.05) is 14.2 Å². The Balaban J connectivity index is 2.08. The molecule has 3 nitrogen and oxygen atoms in total. The lowest BCUT2D eigenvalue weighted by molar-refractivity contribution is 0.311. The normalized spacial score (nSPS) is 25.1. The summed E-state index contributed by atoms with van der Waals surface area (Å²) in [5.41, 5.74) is 0. The molecule has 1 saturated heterocycles. The maximum absolute atomic E-state index is 5.80. The smallest absolute Gasteiger partial charge is 0.267 e. The van der Waals surface area contributed by atoms with Crippen LogP contribution in [0, 0.1) is 0 Å². The van der Waals surface area contributed by atoms with Crippen molar-refractivity contribution in [3.05, 3.63) is 0 Å². The molecule has 0 aromatic heterocycles. The third-order valence-corrected chi connectivity index (χ3v) is 11.3. The van der Waals surface area contributed by atoms with Crippen LogP contribution in [0.25, 0.3) is 0 Å². The van der Waals surface area contributed by atoms with E-state index in [1.54, 1.807) is 0 Å². The Morgan fingerprint density at radius 1 is 1.11 bits per heavy atom. The summed E-state index contributed by atoms with van der Waals surface area (Å²) in [4.78, 5) is 0. The third-order valence-electron chi connectivity index (χ3n) is 4.69. The summed E-state index contributed by atoms with van der Waals surface area (Å²) in [6.07, 6.45) is 6.73. The van der Waals surface area contributed by atoms with E-state index in [0.717, 1.165) is 0 Å². The van der Waals surface area contributed by atoms with E-state index in [1.165, 1.54) is 57.3 Å². The van der Waals surface area contributed by atoms with Gasteiger partial charge in [0.05, 0.1) is 0 Å². The van der Waals surface area contributed by atoms with Crippen LogP contribution in [0.4, 0.5) is 0 Å². The Labute approximate surface area is 122 Å². The molecule has 0 aliphatic carbocycles. The molecule has 19 heavy (non-hydrogen) atoms. The van der Waals surface area contributed by atoms with Crippen LogP contribution in [-0.2, 0) is 8.85 Å². The molecule has 0 saturated carbocycles. The van der Waals surface area contributed by atoms with Gasteiger partial charge in [-0.15, -0.1) is 0 Å². The zero-order valence-corrected chi connectivity index (χ0v) is 15.6. The van der Waals surface area contributed by atoms with Crippen molar-refractivity contribution in [1.29, 1.82) is 0 Å². The minimum Gasteiger partial charge on any atom is -0.420 e. The molecule has 0 radical (unpaired) electrons. The Hall–Kier alpha value is 0.314. The largest absolute Gasteiger partial charge is 0.420 e. The fraction of sp³-hybridized carbons (Fsp3) is 1.00. The highest BCUT2D eigenvalue weighted by molar-refractivity contribution is 6.71. The third kappa shape index (κ3) is 5.67. The lowest BCUT2D eigenvalue weighted by atomic mass is 10.2. The molecule has 1 rings (SSSR count). The van der Waals surface area contributed by atoms with E-state index in [9.17, 15) is 0 Å². The van der Waals surface area contributed by atoms with Crippen LogP contribution in [0.5, 0.6) is 0 Å². The quantitative estimate of drug-likeness (QED) is 0.477. The van der Waals surface area contributed by atoms with E-state index in [-0.39, 0.29) is 0 Å². The molecule has 0 bridgehead atoms. The first-order valence-electron chi connectivity index (χ1n) is 7.79. The van der Waals surface area contributed by atoms with Crippen molar-refractivity contribution >= 4 is 16.8 Å². The Morgan fingerprint density at radius 2 is 1.79 bits per heavy atom. The molecule has 1 aliphatic heterocycles. The summed E-state index contributed by atoms with van der Waals surface area (Å²) in [5, 5.41) is 0. The number of hydrogen-bond acceptors (Lipinski definition) is 3. The number of unbranched alkanes of at least 4 members (excludes halogenated alkanes) is 3. The first-order valence-corrected chi connectivity index (χ1v) is 13.5. The predicted octanol–water partition coefficient (Wildman–Crippen LogP) is 3.82. The Bertz CT molecular complexity index is 264. The molecule has 1 atom stereocenters. The van der Waals surface area contributed by atoms with Crippen molar-refractivity contribution in [1.82, 2.24) is 4.57 Å². The van der Waals surface area contributed by atoms with E-state index in [1.807, 2.05) is 14.2 Å². The minimum atomic E-state index is -1.47. The maximum Gasteiger partial charge on any atom is 0.267 e. The van der Waals surface area contributed by atoms with Crippen LogP contribution < -0.4 is 0 Å². The molecule has 0 amide bonds.